The molecule has 1 aromatic heterocycles. The quantitative estimate of drug-likeness (QED) is 0.761. The second-order valence-corrected chi connectivity index (χ2v) is 7.12. The highest BCUT2D eigenvalue weighted by Crippen LogP contribution is 2.31. The summed E-state index contributed by atoms with van der Waals surface area (Å²) in [6, 6.07) is 18.3. The molecule has 1 unspecified atom stereocenters. The predicted molar refractivity (Wildman–Crippen MR) is 111 cm³/mol. The van der Waals surface area contributed by atoms with E-state index in [2.05, 4.69) is 57.0 Å². The molecule has 0 saturated heterocycles. The Balaban J connectivity index is 1.45. The van der Waals surface area contributed by atoms with Crippen molar-refractivity contribution in [2.75, 3.05) is 11.4 Å². The minimum atomic E-state index is -0.276. The summed E-state index contributed by atoms with van der Waals surface area (Å²) >= 11 is 0. The first-order valence-corrected chi connectivity index (χ1v) is 9.53. The predicted octanol–water partition coefficient (Wildman–Crippen LogP) is 3.97. The average Bonchev–Trinajstić information content (AvgIpc) is 3.29. The van der Waals surface area contributed by atoms with Gasteiger partial charge in [0, 0.05) is 36.4 Å². The number of benzene rings is 2. The third-order valence-electron chi connectivity index (χ3n) is 5.42. The lowest BCUT2D eigenvalue weighted by Gasteiger charge is -2.23. The van der Waals surface area contributed by atoms with Crippen molar-refractivity contribution in [1.82, 2.24) is 10.4 Å². The van der Waals surface area contributed by atoms with Crippen LogP contribution in [0.3, 0.4) is 0 Å². The van der Waals surface area contributed by atoms with E-state index in [9.17, 15) is 4.79 Å². The van der Waals surface area contributed by atoms with Gasteiger partial charge in [0.2, 0.25) is 5.91 Å². The Kier molecular flexibility index (Phi) is 4.13. The smallest absolute Gasteiger partial charge is 0.248 e. The standard InChI is InChI=1S/C23H20N4O/c28-23-20(18-5-3-7-21-19(18)6-4-12-24-21)15-22(25-26-23)16-8-10-17(11-9-16)27-13-1-2-14-27/h1,3-13,20H,2,14-15H2,(H,26,28). The van der Waals surface area contributed by atoms with Crippen molar-refractivity contribution in [2.45, 2.75) is 18.8 Å². The number of carbonyl (C=O) groups is 1. The summed E-state index contributed by atoms with van der Waals surface area (Å²) in [5.41, 5.74) is 7.73. The Labute approximate surface area is 163 Å². The molecule has 5 nitrogen and oxygen atoms in total. The third-order valence-corrected chi connectivity index (χ3v) is 5.42. The number of anilines is 1. The van der Waals surface area contributed by atoms with Crippen molar-refractivity contribution in [3.05, 3.63) is 84.2 Å². The van der Waals surface area contributed by atoms with E-state index in [4.69, 9.17) is 0 Å². The molecule has 1 atom stereocenters. The van der Waals surface area contributed by atoms with Crippen LogP contribution in [0, 0.1) is 0 Å². The summed E-state index contributed by atoms with van der Waals surface area (Å²) in [5, 5.41) is 5.35. The third kappa shape index (κ3) is 2.95. The van der Waals surface area contributed by atoms with Crippen molar-refractivity contribution in [1.29, 1.82) is 0 Å². The molecule has 0 radical (unpaired) electrons. The van der Waals surface area contributed by atoms with E-state index >= 15 is 0 Å². The van der Waals surface area contributed by atoms with Gasteiger partial charge in [-0.05, 0) is 41.8 Å². The maximum absolute atomic E-state index is 12.6. The number of rotatable bonds is 3. The highest BCUT2D eigenvalue weighted by atomic mass is 16.2. The Morgan fingerprint density at radius 2 is 1.93 bits per heavy atom. The van der Waals surface area contributed by atoms with Crippen molar-refractivity contribution in [3.8, 4) is 0 Å². The number of pyridine rings is 1. The average molecular weight is 368 g/mol. The Bertz CT molecular complexity index is 1100. The van der Waals surface area contributed by atoms with Crippen LogP contribution < -0.4 is 10.3 Å². The van der Waals surface area contributed by atoms with Gasteiger partial charge in [-0.1, -0.05) is 36.4 Å². The van der Waals surface area contributed by atoms with Crippen LogP contribution in [0.15, 0.2) is 78.2 Å². The zero-order valence-electron chi connectivity index (χ0n) is 15.4. The summed E-state index contributed by atoms with van der Waals surface area (Å²) < 4.78 is 0. The lowest BCUT2D eigenvalue weighted by molar-refractivity contribution is -0.122. The maximum atomic E-state index is 12.6. The van der Waals surface area contributed by atoms with Crippen LogP contribution in [-0.4, -0.2) is 23.1 Å². The van der Waals surface area contributed by atoms with Gasteiger partial charge in [-0.15, -0.1) is 0 Å². The van der Waals surface area contributed by atoms with Crippen LogP contribution in [-0.2, 0) is 4.79 Å². The molecule has 5 rings (SSSR count). The number of aromatic nitrogens is 1. The number of nitrogens with one attached hydrogen (secondary N) is 1. The summed E-state index contributed by atoms with van der Waals surface area (Å²) in [4.78, 5) is 19.2. The molecule has 28 heavy (non-hydrogen) atoms. The topological polar surface area (TPSA) is 57.6 Å². The molecular weight excluding hydrogens is 348 g/mol. The molecule has 0 aliphatic carbocycles. The summed E-state index contributed by atoms with van der Waals surface area (Å²) in [5.74, 6) is -0.347. The highest BCUT2D eigenvalue weighted by molar-refractivity contribution is 6.07. The fraction of sp³-hybridized carbons (Fsp3) is 0.174. The summed E-state index contributed by atoms with van der Waals surface area (Å²) in [6.45, 7) is 1.02. The number of hydrogen-bond acceptors (Lipinski definition) is 4. The molecule has 2 aromatic carbocycles. The van der Waals surface area contributed by atoms with E-state index in [0.29, 0.717) is 6.42 Å². The Morgan fingerprint density at radius 1 is 1.04 bits per heavy atom. The first-order valence-electron chi connectivity index (χ1n) is 9.53. The molecule has 2 aliphatic rings. The molecule has 0 bridgehead atoms. The van der Waals surface area contributed by atoms with Gasteiger partial charge in [-0.25, -0.2) is 5.43 Å². The molecule has 1 amide bonds. The molecule has 2 aliphatic heterocycles. The zero-order valence-corrected chi connectivity index (χ0v) is 15.4. The van der Waals surface area contributed by atoms with Crippen molar-refractivity contribution in [3.63, 3.8) is 0 Å². The largest absolute Gasteiger partial charge is 0.348 e. The lowest BCUT2D eigenvalue weighted by atomic mass is 9.87. The minimum absolute atomic E-state index is 0.0704. The Hall–Kier alpha value is -3.47. The summed E-state index contributed by atoms with van der Waals surface area (Å²) in [6.07, 6.45) is 7.73. The van der Waals surface area contributed by atoms with E-state index in [1.807, 2.05) is 30.3 Å². The van der Waals surface area contributed by atoms with Gasteiger partial charge in [0.05, 0.1) is 17.1 Å². The van der Waals surface area contributed by atoms with Crippen LogP contribution in [0.4, 0.5) is 5.69 Å². The number of hydrazone groups is 1. The van der Waals surface area contributed by atoms with Gasteiger partial charge in [-0.2, -0.15) is 5.10 Å². The molecule has 138 valence electrons. The fourth-order valence-electron chi connectivity index (χ4n) is 3.95. The van der Waals surface area contributed by atoms with Gasteiger partial charge in [0.15, 0.2) is 0 Å². The second kappa shape index (κ2) is 6.93. The van der Waals surface area contributed by atoms with Gasteiger partial charge in [0.1, 0.15) is 0 Å². The number of amides is 1. The Morgan fingerprint density at radius 3 is 2.75 bits per heavy atom. The van der Waals surface area contributed by atoms with E-state index in [0.717, 1.165) is 40.7 Å². The minimum Gasteiger partial charge on any atom is -0.348 e. The second-order valence-electron chi connectivity index (χ2n) is 7.12. The molecule has 0 spiro atoms. The maximum Gasteiger partial charge on any atom is 0.248 e. The van der Waals surface area contributed by atoms with E-state index in [1.165, 1.54) is 5.69 Å². The molecule has 5 heteroatoms. The van der Waals surface area contributed by atoms with E-state index < -0.39 is 0 Å². The number of carbonyl (C=O) groups excluding carboxylic acids is 1. The first kappa shape index (κ1) is 16.7. The van der Waals surface area contributed by atoms with Crippen molar-refractivity contribution >= 4 is 28.2 Å². The molecule has 3 aromatic rings. The highest BCUT2D eigenvalue weighted by Gasteiger charge is 2.28. The monoisotopic (exact) mass is 368 g/mol. The van der Waals surface area contributed by atoms with E-state index in [1.54, 1.807) is 6.20 Å². The van der Waals surface area contributed by atoms with Crippen LogP contribution in [0.2, 0.25) is 0 Å². The first-order chi connectivity index (χ1) is 13.8. The van der Waals surface area contributed by atoms with Crippen LogP contribution in [0.25, 0.3) is 10.9 Å². The van der Waals surface area contributed by atoms with Gasteiger partial charge in [0.25, 0.3) is 0 Å². The van der Waals surface area contributed by atoms with Crippen LogP contribution >= 0.6 is 0 Å². The number of fused-ring (bicyclic) bond motifs is 1. The van der Waals surface area contributed by atoms with Gasteiger partial charge < -0.3 is 4.90 Å². The summed E-state index contributed by atoms with van der Waals surface area (Å²) in [7, 11) is 0. The SMILES string of the molecule is O=C1NN=C(c2ccc(N3C=CCC3)cc2)CC1c1cccc2ncccc12. The molecule has 0 saturated carbocycles. The molecular formula is C23H20N4O. The van der Waals surface area contributed by atoms with Gasteiger partial charge >= 0.3 is 0 Å². The van der Waals surface area contributed by atoms with Gasteiger partial charge in [-0.3, -0.25) is 9.78 Å². The van der Waals surface area contributed by atoms with Crippen LogP contribution in [0.1, 0.15) is 29.9 Å². The van der Waals surface area contributed by atoms with E-state index in [-0.39, 0.29) is 11.8 Å². The fourth-order valence-corrected chi connectivity index (χ4v) is 3.95. The van der Waals surface area contributed by atoms with Crippen molar-refractivity contribution < 1.29 is 4.79 Å². The van der Waals surface area contributed by atoms with Crippen molar-refractivity contribution in [2.24, 2.45) is 5.10 Å². The zero-order chi connectivity index (χ0) is 18.9. The van der Waals surface area contributed by atoms with Crippen LogP contribution in [0.5, 0.6) is 0 Å². The number of nitrogens with zero attached hydrogens (tertiary/aromatic N) is 3. The number of hydrogen-bond donors (Lipinski definition) is 1. The normalized spacial score (nSPS) is 19.0. The molecule has 3 heterocycles. The molecule has 1 N–H and O–H groups in total. The molecule has 0 fully saturated rings. The lowest BCUT2D eigenvalue weighted by Crippen LogP contribution is -2.33.